The van der Waals surface area contributed by atoms with E-state index in [1.54, 1.807) is 30.3 Å². The molecule has 2 rings (SSSR count). The lowest BCUT2D eigenvalue weighted by Gasteiger charge is -2.05. The van der Waals surface area contributed by atoms with Crippen LogP contribution in [0.1, 0.15) is 11.3 Å². The first kappa shape index (κ1) is 11.7. The van der Waals surface area contributed by atoms with Crippen molar-refractivity contribution >= 4 is 11.4 Å². The van der Waals surface area contributed by atoms with Crippen molar-refractivity contribution in [3.63, 3.8) is 0 Å². The lowest BCUT2D eigenvalue weighted by Crippen LogP contribution is -2.18. The van der Waals surface area contributed by atoms with Gasteiger partial charge in [-0.2, -0.15) is 0 Å². The maximum absolute atomic E-state index is 9.09. The Kier molecular flexibility index (Phi) is 3.60. The molecule has 6 heteroatoms. The lowest BCUT2D eigenvalue weighted by molar-refractivity contribution is 0.314. The summed E-state index contributed by atoms with van der Waals surface area (Å²) in [5, 5.41) is 24.5. The highest BCUT2D eigenvalue weighted by atomic mass is 16.4. The molecule has 0 atom stereocenters. The van der Waals surface area contributed by atoms with Gasteiger partial charge in [0.05, 0.1) is 5.69 Å². The second-order valence-corrected chi connectivity index (χ2v) is 3.36. The average Bonchev–Trinajstić information content (AvgIpc) is 2.46. The summed E-state index contributed by atoms with van der Waals surface area (Å²) < 4.78 is 0. The molecule has 2 aromatic rings. The zero-order chi connectivity index (χ0) is 12.8. The third-order valence-electron chi connectivity index (χ3n) is 2.30. The number of hydrogen-bond acceptors (Lipinski definition) is 6. The molecule has 1 aromatic heterocycles. The molecule has 0 aliphatic carbocycles. The number of oxime groups is 2. The molecular formula is C12H10N4O2. The van der Waals surface area contributed by atoms with Crippen LogP contribution in [0.3, 0.4) is 0 Å². The van der Waals surface area contributed by atoms with Crippen LogP contribution in [0.25, 0.3) is 0 Å². The normalized spacial score (nSPS) is 12.4. The summed E-state index contributed by atoms with van der Waals surface area (Å²) in [5.41, 5.74) is 1.19. The molecule has 90 valence electrons. The van der Waals surface area contributed by atoms with Gasteiger partial charge in [-0.15, -0.1) is 0 Å². The molecule has 0 saturated heterocycles. The van der Waals surface area contributed by atoms with Crippen molar-refractivity contribution in [3.8, 4) is 0 Å². The molecule has 0 fully saturated rings. The van der Waals surface area contributed by atoms with E-state index in [4.69, 9.17) is 10.4 Å². The first-order valence-electron chi connectivity index (χ1n) is 5.13. The van der Waals surface area contributed by atoms with Gasteiger partial charge in [0, 0.05) is 11.8 Å². The topological polar surface area (TPSA) is 91.0 Å². The Hall–Kier alpha value is -2.76. The van der Waals surface area contributed by atoms with Crippen molar-refractivity contribution in [2.75, 3.05) is 0 Å². The van der Waals surface area contributed by atoms with Crippen LogP contribution in [0.4, 0.5) is 0 Å². The van der Waals surface area contributed by atoms with Crippen molar-refractivity contribution < 1.29 is 10.4 Å². The van der Waals surface area contributed by atoms with Crippen LogP contribution in [0.15, 0.2) is 59.2 Å². The van der Waals surface area contributed by atoms with Gasteiger partial charge in [0.2, 0.25) is 0 Å². The second-order valence-electron chi connectivity index (χ2n) is 3.36. The highest BCUT2D eigenvalue weighted by Gasteiger charge is 2.16. The van der Waals surface area contributed by atoms with Crippen molar-refractivity contribution in [2.24, 2.45) is 10.3 Å². The number of benzene rings is 1. The first-order chi connectivity index (χ1) is 8.86. The summed E-state index contributed by atoms with van der Waals surface area (Å²) >= 11 is 0. The Morgan fingerprint density at radius 2 is 1.67 bits per heavy atom. The Balaban J connectivity index is 2.45. The Morgan fingerprint density at radius 1 is 0.944 bits per heavy atom. The Labute approximate surface area is 103 Å². The fourth-order valence-corrected chi connectivity index (χ4v) is 1.49. The van der Waals surface area contributed by atoms with E-state index in [9.17, 15) is 0 Å². The average molecular weight is 242 g/mol. The van der Waals surface area contributed by atoms with Gasteiger partial charge in [-0.05, 0) is 6.07 Å². The molecule has 0 aliphatic rings. The second kappa shape index (κ2) is 5.53. The van der Waals surface area contributed by atoms with Crippen molar-refractivity contribution in [1.29, 1.82) is 0 Å². The predicted octanol–water partition coefficient (Wildman–Crippen LogP) is 1.53. The molecule has 0 aliphatic heterocycles. The number of hydrogen-bond donors (Lipinski definition) is 2. The van der Waals surface area contributed by atoms with Gasteiger partial charge < -0.3 is 10.4 Å². The minimum absolute atomic E-state index is 0.0751. The number of aromatic nitrogens is 2. The van der Waals surface area contributed by atoms with E-state index in [0.29, 0.717) is 11.3 Å². The summed E-state index contributed by atoms with van der Waals surface area (Å²) in [4.78, 5) is 7.72. The maximum atomic E-state index is 9.09. The van der Waals surface area contributed by atoms with Crippen molar-refractivity contribution in [3.05, 3.63) is 60.2 Å². The molecule has 0 saturated carbocycles. The predicted molar refractivity (Wildman–Crippen MR) is 65.1 cm³/mol. The Bertz CT molecular complexity index is 514. The van der Waals surface area contributed by atoms with Crippen molar-refractivity contribution in [2.45, 2.75) is 0 Å². The summed E-state index contributed by atoms with van der Waals surface area (Å²) in [6, 6.07) is 10.4. The van der Waals surface area contributed by atoms with E-state index in [1.807, 2.05) is 6.07 Å². The van der Waals surface area contributed by atoms with Gasteiger partial charge in [0.25, 0.3) is 0 Å². The summed E-state index contributed by atoms with van der Waals surface area (Å²) in [7, 11) is 0. The quantitative estimate of drug-likeness (QED) is 0.485. The summed E-state index contributed by atoms with van der Waals surface area (Å²) in [5.74, 6) is 0. The van der Waals surface area contributed by atoms with E-state index in [0.717, 1.165) is 0 Å². The largest absolute Gasteiger partial charge is 0.410 e. The molecule has 1 aromatic carbocycles. The van der Waals surface area contributed by atoms with Gasteiger partial charge in [-0.25, -0.2) is 9.97 Å². The summed E-state index contributed by atoms with van der Waals surface area (Å²) in [6.07, 6.45) is 2.83. The molecule has 18 heavy (non-hydrogen) atoms. The minimum atomic E-state index is 0.0751. The molecule has 0 bridgehead atoms. The molecule has 2 N–H and O–H groups in total. The zero-order valence-electron chi connectivity index (χ0n) is 9.30. The standard InChI is InChI=1S/C12H10N4O2/c17-15-11(9-4-2-1-3-5-9)12(16-18)10-6-7-13-8-14-10/h1-8,17-18H/b15-11+,16-12+. The molecule has 0 radical (unpaired) electrons. The van der Waals surface area contributed by atoms with Crippen LogP contribution >= 0.6 is 0 Å². The highest BCUT2D eigenvalue weighted by Crippen LogP contribution is 2.07. The number of rotatable bonds is 3. The molecular weight excluding hydrogens is 232 g/mol. The van der Waals surface area contributed by atoms with E-state index in [1.165, 1.54) is 12.5 Å². The molecule has 0 amide bonds. The fourth-order valence-electron chi connectivity index (χ4n) is 1.49. The molecule has 0 unspecified atom stereocenters. The fraction of sp³-hybridized carbons (Fsp3) is 0. The van der Waals surface area contributed by atoms with Gasteiger partial charge in [0.1, 0.15) is 12.0 Å². The molecule has 1 heterocycles. The van der Waals surface area contributed by atoms with E-state index in [-0.39, 0.29) is 11.4 Å². The van der Waals surface area contributed by atoms with Gasteiger partial charge in [-0.1, -0.05) is 40.6 Å². The highest BCUT2D eigenvalue weighted by molar-refractivity contribution is 6.52. The monoisotopic (exact) mass is 242 g/mol. The van der Waals surface area contributed by atoms with Crippen LogP contribution in [-0.4, -0.2) is 31.8 Å². The van der Waals surface area contributed by atoms with E-state index in [2.05, 4.69) is 20.3 Å². The van der Waals surface area contributed by atoms with Crippen LogP contribution in [-0.2, 0) is 0 Å². The van der Waals surface area contributed by atoms with Gasteiger partial charge >= 0.3 is 0 Å². The van der Waals surface area contributed by atoms with E-state index < -0.39 is 0 Å². The van der Waals surface area contributed by atoms with E-state index >= 15 is 0 Å². The maximum Gasteiger partial charge on any atom is 0.157 e. The van der Waals surface area contributed by atoms with Gasteiger partial charge in [-0.3, -0.25) is 0 Å². The van der Waals surface area contributed by atoms with Crippen LogP contribution in [0, 0.1) is 0 Å². The molecule has 6 nitrogen and oxygen atoms in total. The minimum Gasteiger partial charge on any atom is -0.410 e. The smallest absolute Gasteiger partial charge is 0.157 e. The first-order valence-corrected chi connectivity index (χ1v) is 5.13. The van der Waals surface area contributed by atoms with Crippen LogP contribution in [0.5, 0.6) is 0 Å². The van der Waals surface area contributed by atoms with Gasteiger partial charge in [0.15, 0.2) is 5.71 Å². The third-order valence-corrected chi connectivity index (χ3v) is 2.30. The van der Waals surface area contributed by atoms with Crippen LogP contribution < -0.4 is 0 Å². The SMILES string of the molecule is O/N=C(/C(=N/O)c1ccncn1)c1ccccc1. The molecule has 0 spiro atoms. The third kappa shape index (κ3) is 2.32. The zero-order valence-corrected chi connectivity index (χ0v) is 9.30. The summed E-state index contributed by atoms with van der Waals surface area (Å²) in [6.45, 7) is 0. The Morgan fingerprint density at radius 3 is 2.22 bits per heavy atom. The van der Waals surface area contributed by atoms with Crippen LogP contribution in [0.2, 0.25) is 0 Å². The number of nitrogens with zero attached hydrogens (tertiary/aromatic N) is 4. The lowest BCUT2D eigenvalue weighted by atomic mass is 10.0. The van der Waals surface area contributed by atoms with Crippen molar-refractivity contribution in [1.82, 2.24) is 9.97 Å².